The number of thiazole rings is 1. The fourth-order valence-electron chi connectivity index (χ4n) is 4.08. The molecule has 0 aliphatic heterocycles. The Morgan fingerprint density at radius 2 is 1.71 bits per heavy atom. The van der Waals surface area contributed by atoms with Gasteiger partial charge >= 0.3 is 12.1 Å². The van der Waals surface area contributed by atoms with Gasteiger partial charge in [0.05, 0.1) is 6.54 Å². The van der Waals surface area contributed by atoms with E-state index in [2.05, 4.69) is 39.9 Å². The van der Waals surface area contributed by atoms with Crippen molar-refractivity contribution in [2.24, 2.45) is 0 Å². The van der Waals surface area contributed by atoms with Gasteiger partial charge in [-0.1, -0.05) is 48.5 Å². The van der Waals surface area contributed by atoms with Crippen molar-refractivity contribution in [3.05, 3.63) is 75.7 Å². The summed E-state index contributed by atoms with van der Waals surface area (Å²) in [5.74, 6) is -1.53. The number of nitrogens with one attached hydrogen (secondary N) is 2. The van der Waals surface area contributed by atoms with Crippen LogP contribution >= 0.6 is 11.3 Å². The summed E-state index contributed by atoms with van der Waals surface area (Å²) < 4.78 is 10.7. The number of benzene rings is 2. The molecule has 0 radical (unpaired) electrons. The summed E-state index contributed by atoms with van der Waals surface area (Å²) in [5, 5.41) is 16.1. The van der Waals surface area contributed by atoms with Gasteiger partial charge in [0.2, 0.25) is 5.91 Å². The van der Waals surface area contributed by atoms with Gasteiger partial charge in [-0.3, -0.25) is 4.79 Å². The Morgan fingerprint density at radius 1 is 1.06 bits per heavy atom. The van der Waals surface area contributed by atoms with Crippen molar-refractivity contribution in [1.82, 2.24) is 15.6 Å². The molecule has 1 heterocycles. The molecule has 3 aromatic rings. The molecule has 0 spiro atoms. The molecule has 10 heteroatoms. The fraction of sp³-hybridized carbons (Fsp3) is 0.280. The van der Waals surface area contributed by atoms with Crippen LogP contribution in [0.15, 0.2) is 53.9 Å². The normalized spacial score (nSPS) is 12.9. The first-order valence-electron chi connectivity index (χ1n) is 11.0. The number of aromatic nitrogens is 1. The summed E-state index contributed by atoms with van der Waals surface area (Å²) in [4.78, 5) is 39.5. The lowest BCUT2D eigenvalue weighted by Crippen LogP contribution is -2.38. The Kier molecular flexibility index (Phi) is 7.74. The number of fused-ring (bicyclic) bond motifs is 3. The third-order valence-corrected chi connectivity index (χ3v) is 6.63. The lowest BCUT2D eigenvalue weighted by molar-refractivity contribution is -0.131. The molecule has 3 N–H and O–H groups in total. The van der Waals surface area contributed by atoms with E-state index in [-0.39, 0.29) is 43.6 Å². The largest absolute Gasteiger partial charge is 0.476 e. The average Bonchev–Trinajstić information content (AvgIpc) is 3.47. The van der Waals surface area contributed by atoms with Crippen LogP contribution in [0.5, 0.6) is 0 Å². The number of rotatable bonds is 10. The van der Waals surface area contributed by atoms with Gasteiger partial charge in [-0.2, -0.15) is 0 Å². The topological polar surface area (TPSA) is 127 Å². The Morgan fingerprint density at radius 3 is 2.31 bits per heavy atom. The van der Waals surface area contributed by atoms with E-state index in [1.54, 1.807) is 0 Å². The molecule has 2 aromatic carbocycles. The first-order valence-corrected chi connectivity index (χ1v) is 11.9. The molecular formula is C25H25N3O6S. The molecule has 182 valence electrons. The van der Waals surface area contributed by atoms with Crippen LogP contribution in [-0.2, 0) is 20.8 Å². The molecule has 0 bridgehead atoms. The molecular weight excluding hydrogens is 470 g/mol. The monoisotopic (exact) mass is 495 g/mol. The maximum absolute atomic E-state index is 12.4. The summed E-state index contributed by atoms with van der Waals surface area (Å²) in [6.07, 6.45) is -1.11. The van der Waals surface area contributed by atoms with E-state index in [1.165, 1.54) is 12.5 Å². The van der Waals surface area contributed by atoms with Gasteiger partial charge in [0.25, 0.3) is 0 Å². The smallest absolute Gasteiger partial charge is 0.407 e. The van der Waals surface area contributed by atoms with Crippen LogP contribution < -0.4 is 10.6 Å². The number of ether oxygens (including phenoxy) is 2. The van der Waals surface area contributed by atoms with E-state index in [4.69, 9.17) is 14.6 Å². The van der Waals surface area contributed by atoms with E-state index in [1.807, 2.05) is 24.3 Å². The van der Waals surface area contributed by atoms with E-state index in [0.717, 1.165) is 33.6 Å². The van der Waals surface area contributed by atoms with Crippen molar-refractivity contribution in [3.8, 4) is 11.1 Å². The van der Waals surface area contributed by atoms with Crippen LogP contribution in [0.4, 0.5) is 4.79 Å². The summed E-state index contributed by atoms with van der Waals surface area (Å²) in [7, 11) is 1.41. The highest BCUT2D eigenvalue weighted by Crippen LogP contribution is 2.44. The minimum absolute atomic E-state index is 0.0295. The zero-order valence-electron chi connectivity index (χ0n) is 19.0. The van der Waals surface area contributed by atoms with Crippen LogP contribution in [0, 0.1) is 0 Å². The summed E-state index contributed by atoms with van der Waals surface area (Å²) in [5.41, 5.74) is 4.52. The van der Waals surface area contributed by atoms with Crippen molar-refractivity contribution in [2.75, 3.05) is 20.3 Å². The van der Waals surface area contributed by atoms with Crippen LogP contribution in [-0.4, -0.2) is 54.4 Å². The Bertz CT molecular complexity index is 1180. The number of carboxylic acid groups (broad SMARTS) is 1. The van der Waals surface area contributed by atoms with Crippen molar-refractivity contribution in [3.63, 3.8) is 0 Å². The van der Waals surface area contributed by atoms with Gasteiger partial charge in [0.15, 0.2) is 5.69 Å². The second-order valence-corrected chi connectivity index (χ2v) is 8.86. The molecule has 35 heavy (non-hydrogen) atoms. The second-order valence-electron chi connectivity index (χ2n) is 7.91. The van der Waals surface area contributed by atoms with Gasteiger partial charge in [0.1, 0.15) is 17.7 Å². The maximum atomic E-state index is 12.4. The highest BCUT2D eigenvalue weighted by molar-refractivity contribution is 7.09. The zero-order valence-corrected chi connectivity index (χ0v) is 19.8. The number of aromatic carboxylic acids is 1. The van der Waals surface area contributed by atoms with E-state index in [0.29, 0.717) is 5.01 Å². The number of carbonyl (C=O) groups excluding carboxylic acids is 2. The summed E-state index contributed by atoms with van der Waals surface area (Å²) >= 11 is 1.15. The maximum Gasteiger partial charge on any atom is 0.407 e. The van der Waals surface area contributed by atoms with Gasteiger partial charge in [0, 0.05) is 31.4 Å². The highest BCUT2D eigenvalue weighted by Gasteiger charge is 2.29. The van der Waals surface area contributed by atoms with Crippen molar-refractivity contribution in [2.45, 2.75) is 25.0 Å². The highest BCUT2D eigenvalue weighted by atomic mass is 32.1. The third kappa shape index (κ3) is 5.67. The SMILES string of the molecule is COC(CCNC(=O)OCC1c2ccccc2-c2ccccc21)C(=O)NCc1nc(C(=O)O)cs1. The molecule has 2 amide bonds. The van der Waals surface area contributed by atoms with Crippen molar-refractivity contribution < 1.29 is 29.0 Å². The number of hydrogen-bond acceptors (Lipinski definition) is 7. The molecule has 1 unspecified atom stereocenters. The molecule has 1 aliphatic carbocycles. The number of carbonyl (C=O) groups is 3. The second kappa shape index (κ2) is 11.1. The molecule has 1 aliphatic rings. The molecule has 0 saturated carbocycles. The number of nitrogens with zero attached hydrogens (tertiary/aromatic N) is 1. The quantitative estimate of drug-likeness (QED) is 0.393. The van der Waals surface area contributed by atoms with Crippen LogP contribution in [0.1, 0.15) is 39.0 Å². The minimum atomic E-state index is -1.12. The lowest BCUT2D eigenvalue weighted by atomic mass is 9.98. The lowest BCUT2D eigenvalue weighted by Gasteiger charge is -2.16. The zero-order chi connectivity index (χ0) is 24.8. The number of hydrogen-bond donors (Lipinski definition) is 3. The number of alkyl carbamates (subject to hydrolysis) is 1. The van der Waals surface area contributed by atoms with E-state index >= 15 is 0 Å². The third-order valence-electron chi connectivity index (χ3n) is 5.78. The van der Waals surface area contributed by atoms with Crippen LogP contribution in [0.3, 0.4) is 0 Å². The Hall–Kier alpha value is -3.76. The molecule has 9 nitrogen and oxygen atoms in total. The Balaban J connectivity index is 1.23. The predicted molar refractivity (Wildman–Crippen MR) is 129 cm³/mol. The number of carboxylic acids is 1. The summed E-state index contributed by atoms with van der Waals surface area (Å²) in [6.45, 7) is 0.486. The van der Waals surface area contributed by atoms with Crippen molar-refractivity contribution >= 4 is 29.3 Å². The minimum Gasteiger partial charge on any atom is -0.476 e. The van der Waals surface area contributed by atoms with Crippen LogP contribution in [0.2, 0.25) is 0 Å². The van der Waals surface area contributed by atoms with Gasteiger partial charge in [-0.15, -0.1) is 11.3 Å². The Labute approximate surface area is 206 Å². The fourth-order valence-corrected chi connectivity index (χ4v) is 4.79. The van der Waals surface area contributed by atoms with E-state index in [9.17, 15) is 14.4 Å². The van der Waals surface area contributed by atoms with Gasteiger partial charge in [-0.25, -0.2) is 14.6 Å². The molecule has 0 fully saturated rings. The first kappa shape index (κ1) is 24.4. The molecule has 1 atom stereocenters. The standard InChI is InChI=1S/C25H25N3O6S/c1-33-21(23(29)27-12-22-28-20(14-35-22)24(30)31)10-11-26-25(32)34-13-19-17-8-4-2-6-15(17)16-7-3-5-9-18(16)19/h2-9,14,19,21H,10-13H2,1H3,(H,26,32)(H,27,29)(H,30,31). The average molecular weight is 496 g/mol. The van der Waals surface area contributed by atoms with Gasteiger partial charge in [-0.05, 0) is 22.3 Å². The van der Waals surface area contributed by atoms with Crippen molar-refractivity contribution in [1.29, 1.82) is 0 Å². The number of methoxy groups -OCH3 is 1. The predicted octanol–water partition coefficient (Wildman–Crippen LogP) is 3.40. The number of amides is 2. The molecule has 0 saturated heterocycles. The molecule has 1 aromatic heterocycles. The van der Waals surface area contributed by atoms with Gasteiger partial charge < -0.3 is 25.2 Å². The first-order chi connectivity index (χ1) is 17.0. The summed E-state index contributed by atoms with van der Waals surface area (Å²) in [6, 6.07) is 16.2. The van der Waals surface area contributed by atoms with E-state index < -0.39 is 18.2 Å². The molecule has 4 rings (SSSR count). The van der Waals surface area contributed by atoms with Crippen LogP contribution in [0.25, 0.3) is 11.1 Å².